The van der Waals surface area contributed by atoms with Crippen molar-refractivity contribution in [3.05, 3.63) is 66.2 Å². The van der Waals surface area contributed by atoms with Crippen molar-refractivity contribution in [1.29, 1.82) is 0 Å². The summed E-state index contributed by atoms with van der Waals surface area (Å²) in [5, 5.41) is 8.50. The molecule has 0 atom stereocenters. The lowest BCUT2D eigenvalue weighted by atomic mass is 10.0. The highest BCUT2D eigenvalue weighted by Gasteiger charge is 2.04. The van der Waals surface area contributed by atoms with Gasteiger partial charge in [0.1, 0.15) is 0 Å². The van der Waals surface area contributed by atoms with Gasteiger partial charge in [0.15, 0.2) is 5.78 Å². The lowest BCUT2D eigenvalue weighted by Crippen LogP contribution is -1.96. The van der Waals surface area contributed by atoms with Crippen LogP contribution >= 0.6 is 11.8 Å². The topological polar surface area (TPSA) is 54.4 Å². The molecule has 2 aromatic carbocycles. The van der Waals surface area contributed by atoms with E-state index in [1.807, 2.05) is 30.5 Å². The molecule has 0 saturated heterocycles. The smallest absolute Gasteiger partial charge is 0.328 e. The van der Waals surface area contributed by atoms with Gasteiger partial charge >= 0.3 is 5.97 Å². The number of rotatable bonds is 5. The summed E-state index contributed by atoms with van der Waals surface area (Å²) in [5.74, 6) is -1.45. The van der Waals surface area contributed by atoms with Crippen LogP contribution in [0.2, 0.25) is 0 Å². The summed E-state index contributed by atoms with van der Waals surface area (Å²) in [6.07, 6.45) is 3.93. The average Bonchev–Trinajstić information content (AvgIpc) is 2.53. The fourth-order valence-electron chi connectivity index (χ4n) is 1.85. The lowest BCUT2D eigenvalue weighted by Gasteiger charge is -2.04. The van der Waals surface area contributed by atoms with Gasteiger partial charge in [-0.25, -0.2) is 4.79 Å². The van der Waals surface area contributed by atoms with Gasteiger partial charge in [0.2, 0.25) is 0 Å². The first-order chi connectivity index (χ1) is 10.1. The molecule has 2 rings (SSSR count). The Morgan fingerprint density at radius 1 is 0.905 bits per heavy atom. The molecule has 0 amide bonds. The second kappa shape index (κ2) is 6.90. The van der Waals surface area contributed by atoms with Gasteiger partial charge in [0.05, 0.1) is 0 Å². The van der Waals surface area contributed by atoms with Crippen LogP contribution in [-0.4, -0.2) is 23.1 Å². The van der Waals surface area contributed by atoms with Gasteiger partial charge in [-0.1, -0.05) is 36.4 Å². The van der Waals surface area contributed by atoms with Crippen molar-refractivity contribution in [1.82, 2.24) is 0 Å². The van der Waals surface area contributed by atoms with Gasteiger partial charge < -0.3 is 5.11 Å². The number of carboxylic acids is 1. The Hall–Kier alpha value is -2.33. The number of carbonyl (C=O) groups excluding carboxylic acids is 1. The summed E-state index contributed by atoms with van der Waals surface area (Å²) in [7, 11) is 0. The predicted octanol–water partition coefficient (Wildman–Crippen LogP) is 3.90. The number of benzene rings is 2. The van der Waals surface area contributed by atoms with Gasteiger partial charge in [-0.15, -0.1) is 11.8 Å². The van der Waals surface area contributed by atoms with Gasteiger partial charge in [-0.05, 0) is 35.6 Å². The number of aliphatic carboxylic acids is 1. The van der Waals surface area contributed by atoms with E-state index in [-0.39, 0.29) is 5.78 Å². The number of hydrogen-bond donors (Lipinski definition) is 1. The van der Waals surface area contributed by atoms with Crippen LogP contribution in [0.25, 0.3) is 11.1 Å². The summed E-state index contributed by atoms with van der Waals surface area (Å²) >= 11 is 1.69. The van der Waals surface area contributed by atoms with Gasteiger partial charge in [-0.3, -0.25) is 4.79 Å². The highest BCUT2D eigenvalue weighted by molar-refractivity contribution is 7.98. The Bertz CT molecular complexity index is 670. The molecular weight excluding hydrogens is 284 g/mol. The van der Waals surface area contributed by atoms with Crippen LogP contribution in [0.1, 0.15) is 10.4 Å². The molecule has 0 heterocycles. The molecule has 21 heavy (non-hydrogen) atoms. The molecule has 2 aromatic rings. The van der Waals surface area contributed by atoms with Crippen molar-refractivity contribution in [3.8, 4) is 11.1 Å². The van der Waals surface area contributed by atoms with E-state index in [4.69, 9.17) is 5.11 Å². The molecule has 0 spiro atoms. The van der Waals surface area contributed by atoms with E-state index in [2.05, 4.69) is 12.1 Å². The first kappa shape index (κ1) is 15.1. The van der Waals surface area contributed by atoms with Crippen LogP contribution in [0.4, 0.5) is 0 Å². The van der Waals surface area contributed by atoms with Crippen LogP contribution in [-0.2, 0) is 4.79 Å². The zero-order valence-electron chi connectivity index (χ0n) is 11.4. The molecule has 0 unspecified atom stereocenters. The van der Waals surface area contributed by atoms with Crippen molar-refractivity contribution in [3.63, 3.8) is 0 Å². The minimum Gasteiger partial charge on any atom is -0.478 e. The van der Waals surface area contributed by atoms with E-state index in [9.17, 15) is 9.59 Å². The van der Waals surface area contributed by atoms with E-state index in [1.165, 1.54) is 4.90 Å². The van der Waals surface area contributed by atoms with Gasteiger partial charge in [0, 0.05) is 16.5 Å². The number of allylic oxidation sites excluding steroid dienone is 1. The highest BCUT2D eigenvalue weighted by Crippen LogP contribution is 2.23. The Morgan fingerprint density at radius 3 is 1.90 bits per heavy atom. The molecule has 0 radical (unpaired) electrons. The maximum atomic E-state index is 11.7. The number of ketones is 1. The van der Waals surface area contributed by atoms with Crippen LogP contribution < -0.4 is 0 Å². The Balaban J connectivity index is 2.18. The Morgan fingerprint density at radius 2 is 1.43 bits per heavy atom. The largest absolute Gasteiger partial charge is 0.478 e. The van der Waals surface area contributed by atoms with Crippen molar-refractivity contribution >= 4 is 23.5 Å². The van der Waals surface area contributed by atoms with Crippen LogP contribution in [0.15, 0.2) is 65.6 Å². The molecule has 0 saturated carbocycles. The molecule has 4 heteroatoms. The molecule has 0 aliphatic heterocycles. The van der Waals surface area contributed by atoms with E-state index in [0.717, 1.165) is 23.3 Å². The first-order valence-electron chi connectivity index (χ1n) is 6.30. The first-order valence-corrected chi connectivity index (χ1v) is 7.52. The third kappa shape index (κ3) is 4.07. The second-order valence-corrected chi connectivity index (χ2v) is 5.22. The zero-order valence-corrected chi connectivity index (χ0v) is 12.3. The van der Waals surface area contributed by atoms with Crippen molar-refractivity contribution in [2.45, 2.75) is 4.90 Å². The number of carboxylic acid groups (broad SMARTS) is 1. The molecule has 106 valence electrons. The third-order valence-electron chi connectivity index (χ3n) is 2.97. The lowest BCUT2D eigenvalue weighted by molar-refractivity contribution is -0.131. The van der Waals surface area contributed by atoms with Crippen molar-refractivity contribution < 1.29 is 14.7 Å². The maximum absolute atomic E-state index is 11.7. The van der Waals surface area contributed by atoms with Gasteiger partial charge in [-0.2, -0.15) is 0 Å². The molecule has 0 fully saturated rings. The normalized spacial score (nSPS) is 10.7. The summed E-state index contributed by atoms with van der Waals surface area (Å²) in [5.41, 5.74) is 2.56. The SMILES string of the molecule is CSc1ccc(-c2ccc(C(=O)C=CC(=O)O)cc2)cc1. The Kier molecular flexibility index (Phi) is 4.95. The molecule has 0 bridgehead atoms. The predicted molar refractivity (Wildman–Crippen MR) is 84.8 cm³/mol. The number of thioether (sulfide) groups is 1. The van der Waals surface area contributed by atoms with E-state index in [0.29, 0.717) is 5.56 Å². The minimum atomic E-state index is -1.13. The number of carbonyl (C=O) groups is 2. The zero-order chi connectivity index (χ0) is 15.2. The van der Waals surface area contributed by atoms with Crippen molar-refractivity contribution in [2.75, 3.05) is 6.26 Å². The molecule has 0 aliphatic carbocycles. The molecule has 0 aromatic heterocycles. The molecular formula is C17H14O3S. The van der Waals surface area contributed by atoms with Crippen LogP contribution in [0, 0.1) is 0 Å². The van der Waals surface area contributed by atoms with Crippen LogP contribution in [0.5, 0.6) is 0 Å². The number of hydrogen-bond acceptors (Lipinski definition) is 3. The fraction of sp³-hybridized carbons (Fsp3) is 0.0588. The minimum absolute atomic E-state index is 0.318. The maximum Gasteiger partial charge on any atom is 0.328 e. The average molecular weight is 298 g/mol. The summed E-state index contributed by atoms with van der Waals surface area (Å²) < 4.78 is 0. The quantitative estimate of drug-likeness (QED) is 0.517. The van der Waals surface area contributed by atoms with Gasteiger partial charge in [0.25, 0.3) is 0 Å². The monoisotopic (exact) mass is 298 g/mol. The molecule has 3 nitrogen and oxygen atoms in total. The Labute approximate surface area is 127 Å². The van der Waals surface area contributed by atoms with E-state index >= 15 is 0 Å². The highest BCUT2D eigenvalue weighted by atomic mass is 32.2. The summed E-state index contributed by atoms with van der Waals surface area (Å²) in [6.45, 7) is 0. The molecule has 1 N–H and O–H groups in total. The van der Waals surface area contributed by atoms with Crippen LogP contribution in [0.3, 0.4) is 0 Å². The standard InChI is InChI=1S/C17H14O3S/c1-21-15-8-6-13(7-9-15)12-2-4-14(5-3-12)16(18)10-11-17(19)20/h2-11H,1H3,(H,19,20). The fourth-order valence-corrected chi connectivity index (χ4v) is 2.26. The van der Waals surface area contributed by atoms with Crippen molar-refractivity contribution in [2.24, 2.45) is 0 Å². The van der Waals surface area contributed by atoms with E-state index < -0.39 is 5.97 Å². The molecule has 0 aliphatic rings. The summed E-state index contributed by atoms with van der Waals surface area (Å²) in [6, 6.07) is 15.3. The summed E-state index contributed by atoms with van der Waals surface area (Å²) in [4.78, 5) is 23.3. The second-order valence-electron chi connectivity index (χ2n) is 4.34. The third-order valence-corrected chi connectivity index (χ3v) is 3.71. The van der Waals surface area contributed by atoms with E-state index in [1.54, 1.807) is 23.9 Å².